The lowest BCUT2D eigenvalue weighted by Crippen LogP contribution is -2.46. The lowest BCUT2D eigenvalue weighted by atomic mass is 10.2. The second-order valence-corrected chi connectivity index (χ2v) is 9.98. The normalized spacial score (nSPS) is 22.3. The highest BCUT2D eigenvalue weighted by Crippen LogP contribution is 2.32. The quantitative estimate of drug-likeness (QED) is 0.670. The van der Waals surface area contributed by atoms with Gasteiger partial charge in [-0.2, -0.15) is 4.31 Å². The Morgan fingerprint density at radius 1 is 1.38 bits per heavy atom. The van der Waals surface area contributed by atoms with Crippen LogP contribution in [-0.4, -0.2) is 69.5 Å². The number of anilines is 1. The Hall–Kier alpha value is -1.69. The summed E-state index contributed by atoms with van der Waals surface area (Å²) < 4.78 is 55.9. The Morgan fingerprint density at radius 3 is 2.50 bits per heavy atom. The lowest BCUT2D eigenvalue weighted by Gasteiger charge is -2.28. The number of sulfonamides is 1. The summed E-state index contributed by atoms with van der Waals surface area (Å²) in [5.41, 5.74) is 0.257. The third kappa shape index (κ3) is 4.17. The number of aliphatic hydroxyl groups is 1. The third-order valence-electron chi connectivity index (χ3n) is 4.05. The summed E-state index contributed by atoms with van der Waals surface area (Å²) in [4.78, 5) is 11.0. The van der Waals surface area contributed by atoms with Crippen LogP contribution in [0, 0.1) is 0 Å². The van der Waals surface area contributed by atoms with E-state index in [4.69, 9.17) is 4.74 Å². The van der Waals surface area contributed by atoms with E-state index in [1.165, 1.54) is 32.2 Å². The van der Waals surface area contributed by atoms with Crippen molar-refractivity contribution in [3.8, 4) is 5.75 Å². The highest BCUT2D eigenvalue weighted by atomic mass is 32.2. The van der Waals surface area contributed by atoms with E-state index in [0.717, 1.165) is 4.31 Å². The molecule has 0 spiro atoms. The number of hydrogen-bond donors (Lipinski definition) is 2. The number of rotatable bonds is 6. The molecule has 0 radical (unpaired) electrons. The molecule has 2 rings (SSSR count). The molecule has 0 aromatic heterocycles. The van der Waals surface area contributed by atoms with Crippen molar-refractivity contribution in [2.45, 2.75) is 30.9 Å². The Morgan fingerprint density at radius 2 is 2.04 bits per heavy atom. The maximum atomic E-state index is 13.2. The maximum absolute atomic E-state index is 13.2. The van der Waals surface area contributed by atoms with Crippen molar-refractivity contribution in [3.05, 3.63) is 18.2 Å². The van der Waals surface area contributed by atoms with Gasteiger partial charge in [0.15, 0.2) is 9.84 Å². The first-order valence-electron chi connectivity index (χ1n) is 7.87. The number of nitrogens with zero attached hydrogens (tertiary/aromatic N) is 1. The number of amides is 1. The van der Waals surface area contributed by atoms with Gasteiger partial charge in [-0.3, -0.25) is 4.79 Å². The number of methoxy groups -OCH3 is 1. The number of nitrogens with one attached hydrogen (secondary N) is 1. The topological polar surface area (TPSA) is 130 Å². The zero-order chi connectivity index (χ0) is 19.7. The van der Waals surface area contributed by atoms with Gasteiger partial charge in [-0.05, 0) is 18.2 Å². The van der Waals surface area contributed by atoms with Crippen LogP contribution < -0.4 is 10.1 Å². The van der Waals surface area contributed by atoms with Crippen molar-refractivity contribution in [3.63, 3.8) is 0 Å². The smallest absolute Gasteiger partial charge is 0.247 e. The van der Waals surface area contributed by atoms with Crippen LogP contribution in [0.4, 0.5) is 5.69 Å². The largest absolute Gasteiger partial charge is 0.495 e. The highest BCUT2D eigenvalue weighted by molar-refractivity contribution is 7.92. The van der Waals surface area contributed by atoms with E-state index in [9.17, 15) is 26.7 Å². The molecule has 1 amide bonds. The molecule has 2 atom stereocenters. The van der Waals surface area contributed by atoms with Crippen molar-refractivity contribution >= 4 is 31.5 Å². The first-order valence-corrected chi connectivity index (χ1v) is 11.1. The van der Waals surface area contributed by atoms with E-state index >= 15 is 0 Å². The van der Waals surface area contributed by atoms with Gasteiger partial charge in [0.25, 0.3) is 0 Å². The van der Waals surface area contributed by atoms with Crippen molar-refractivity contribution in [2.24, 2.45) is 0 Å². The van der Waals surface area contributed by atoms with E-state index in [2.05, 4.69) is 5.32 Å². The van der Waals surface area contributed by atoms with Gasteiger partial charge in [0.1, 0.15) is 10.6 Å². The summed E-state index contributed by atoms with van der Waals surface area (Å²) in [6.07, 6.45) is -1.31. The van der Waals surface area contributed by atoms with Gasteiger partial charge in [0, 0.05) is 19.2 Å². The summed E-state index contributed by atoms with van der Waals surface area (Å²) in [5, 5.41) is 12.6. The predicted molar refractivity (Wildman–Crippen MR) is 95.3 cm³/mol. The van der Waals surface area contributed by atoms with Crippen LogP contribution in [0.2, 0.25) is 0 Å². The molecule has 11 heteroatoms. The van der Waals surface area contributed by atoms with E-state index in [-0.39, 0.29) is 28.8 Å². The number of sulfone groups is 1. The predicted octanol–water partition coefficient (Wildman–Crippen LogP) is -0.178. The Bertz CT molecular complexity index is 897. The molecule has 1 aromatic rings. The standard InChI is InChI=1S/C15H22N2O7S2/c1-4-17(12-8-25(20,21)9-13(12)19)26(22,23)15-7-11(16-10(2)18)5-6-14(15)24-3/h5-7,12-13,19H,4,8-9H2,1-3H3,(H,16,18)/t12-,13-/m1/s1. The molecule has 26 heavy (non-hydrogen) atoms. The first kappa shape index (κ1) is 20.6. The third-order valence-corrected chi connectivity index (χ3v) is 7.77. The van der Waals surface area contributed by atoms with Gasteiger partial charge in [0.2, 0.25) is 15.9 Å². The molecule has 0 bridgehead atoms. The molecule has 0 saturated carbocycles. The molecule has 1 saturated heterocycles. The number of benzene rings is 1. The molecule has 1 aliphatic heterocycles. The number of carbonyl (C=O) groups is 1. The summed E-state index contributed by atoms with van der Waals surface area (Å²) in [5.74, 6) is -1.25. The van der Waals surface area contributed by atoms with Crippen LogP contribution in [0.5, 0.6) is 5.75 Å². The maximum Gasteiger partial charge on any atom is 0.247 e. The summed E-state index contributed by atoms with van der Waals surface area (Å²) in [6, 6.07) is 3.05. The van der Waals surface area contributed by atoms with E-state index < -0.39 is 43.5 Å². The van der Waals surface area contributed by atoms with Gasteiger partial charge >= 0.3 is 0 Å². The summed E-state index contributed by atoms with van der Waals surface area (Å²) >= 11 is 0. The average molecular weight is 406 g/mol. The van der Waals surface area contributed by atoms with Crippen LogP contribution in [0.1, 0.15) is 13.8 Å². The molecule has 146 valence electrons. The average Bonchev–Trinajstić information content (AvgIpc) is 2.79. The van der Waals surface area contributed by atoms with Crippen LogP contribution in [0.25, 0.3) is 0 Å². The Balaban J connectivity index is 2.52. The second-order valence-electron chi connectivity index (χ2n) is 5.97. The molecular formula is C15H22N2O7S2. The molecular weight excluding hydrogens is 384 g/mol. The molecule has 0 aliphatic carbocycles. The van der Waals surface area contributed by atoms with E-state index in [1.807, 2.05) is 0 Å². The number of aliphatic hydroxyl groups excluding tert-OH is 1. The SMILES string of the molecule is CCN([C@@H]1CS(=O)(=O)C[C@H]1O)S(=O)(=O)c1cc(NC(C)=O)ccc1OC. The first-order chi connectivity index (χ1) is 12.0. The minimum Gasteiger partial charge on any atom is -0.495 e. The van der Waals surface area contributed by atoms with E-state index in [0.29, 0.717) is 0 Å². The van der Waals surface area contributed by atoms with Gasteiger partial charge in [-0.25, -0.2) is 16.8 Å². The molecule has 9 nitrogen and oxygen atoms in total. The molecule has 1 aliphatic rings. The Kier molecular flexibility index (Phi) is 5.95. The number of likely N-dealkylation sites (N-methyl/N-ethyl adjacent to an activating group) is 1. The molecule has 1 fully saturated rings. The van der Waals surface area contributed by atoms with Gasteiger partial charge in [-0.1, -0.05) is 6.92 Å². The highest BCUT2D eigenvalue weighted by Gasteiger charge is 2.44. The molecule has 0 unspecified atom stereocenters. The minimum atomic E-state index is -4.19. The van der Waals surface area contributed by atoms with E-state index in [1.54, 1.807) is 6.92 Å². The van der Waals surface area contributed by atoms with Crippen molar-refractivity contribution < 1.29 is 31.5 Å². The second kappa shape index (κ2) is 7.51. The fourth-order valence-corrected chi connectivity index (χ4v) is 6.69. The van der Waals surface area contributed by atoms with Crippen LogP contribution in [0.15, 0.2) is 23.1 Å². The molecule has 1 aromatic carbocycles. The zero-order valence-electron chi connectivity index (χ0n) is 14.7. The van der Waals surface area contributed by atoms with Gasteiger partial charge in [-0.15, -0.1) is 0 Å². The summed E-state index contributed by atoms with van der Waals surface area (Å²) in [6.45, 7) is 2.81. The van der Waals surface area contributed by atoms with Crippen LogP contribution >= 0.6 is 0 Å². The number of carbonyl (C=O) groups excluding carboxylic acids is 1. The van der Waals surface area contributed by atoms with Crippen molar-refractivity contribution in [1.82, 2.24) is 4.31 Å². The fourth-order valence-electron chi connectivity index (χ4n) is 2.95. The van der Waals surface area contributed by atoms with Crippen LogP contribution in [0.3, 0.4) is 0 Å². The molecule has 1 heterocycles. The fraction of sp³-hybridized carbons (Fsp3) is 0.533. The van der Waals surface area contributed by atoms with Crippen LogP contribution in [-0.2, 0) is 24.7 Å². The lowest BCUT2D eigenvalue weighted by molar-refractivity contribution is -0.114. The van der Waals surface area contributed by atoms with Gasteiger partial charge < -0.3 is 15.2 Å². The summed E-state index contributed by atoms with van der Waals surface area (Å²) in [7, 11) is -6.41. The zero-order valence-corrected chi connectivity index (χ0v) is 16.3. The van der Waals surface area contributed by atoms with Gasteiger partial charge in [0.05, 0.1) is 30.8 Å². The number of hydrogen-bond acceptors (Lipinski definition) is 7. The van der Waals surface area contributed by atoms with Crippen molar-refractivity contribution in [2.75, 3.05) is 30.5 Å². The monoisotopic (exact) mass is 406 g/mol. The Labute approximate surface area is 152 Å². The molecule has 2 N–H and O–H groups in total. The number of ether oxygens (including phenoxy) is 1. The minimum absolute atomic E-state index is 0.0346. The van der Waals surface area contributed by atoms with Crippen molar-refractivity contribution in [1.29, 1.82) is 0 Å².